The van der Waals surface area contributed by atoms with Crippen LogP contribution in [-0.2, 0) is 43.4 Å². The Labute approximate surface area is 236 Å². The Kier molecular flexibility index (Phi) is 12.6. The largest absolute Gasteiger partial charge is 0.463 e. The number of hydrogen-bond acceptors (Lipinski definition) is 6. The monoisotopic (exact) mass is 548 g/mol. The summed E-state index contributed by atoms with van der Waals surface area (Å²) in [7, 11) is 0. The van der Waals surface area contributed by atoms with Crippen molar-refractivity contribution in [2.45, 2.75) is 57.3 Å². The highest BCUT2D eigenvalue weighted by molar-refractivity contribution is 5.86. The van der Waals surface area contributed by atoms with Gasteiger partial charge in [-0.2, -0.15) is 0 Å². The molecular formula is C32H40N2O6. The van der Waals surface area contributed by atoms with E-state index in [1.54, 1.807) is 17.1 Å². The fourth-order valence-corrected chi connectivity index (χ4v) is 4.68. The number of allylic oxidation sites excluding steroid dienone is 2. The molecule has 0 spiro atoms. The van der Waals surface area contributed by atoms with Gasteiger partial charge < -0.3 is 24.8 Å². The molecule has 2 aromatic rings. The summed E-state index contributed by atoms with van der Waals surface area (Å²) < 4.78 is 11.2. The minimum atomic E-state index is -0.672. The van der Waals surface area contributed by atoms with Gasteiger partial charge in [0.15, 0.2) is 0 Å². The molecule has 40 heavy (non-hydrogen) atoms. The van der Waals surface area contributed by atoms with E-state index in [-0.39, 0.29) is 56.5 Å². The lowest BCUT2D eigenvalue weighted by Crippen LogP contribution is -2.49. The van der Waals surface area contributed by atoms with E-state index in [2.05, 4.69) is 18.5 Å². The first-order valence-electron chi connectivity index (χ1n) is 13.7. The smallest absolute Gasteiger partial charge is 0.306 e. The second-order valence-corrected chi connectivity index (χ2v) is 9.97. The van der Waals surface area contributed by atoms with Gasteiger partial charge in [-0.3, -0.25) is 14.4 Å². The van der Waals surface area contributed by atoms with Crippen molar-refractivity contribution in [3.05, 3.63) is 96.6 Å². The number of hydrogen-bond donors (Lipinski definition) is 2. The van der Waals surface area contributed by atoms with E-state index in [9.17, 15) is 19.5 Å². The van der Waals surface area contributed by atoms with Crippen molar-refractivity contribution < 1.29 is 29.0 Å². The van der Waals surface area contributed by atoms with Crippen LogP contribution in [0.25, 0.3) is 0 Å². The molecule has 8 nitrogen and oxygen atoms in total. The van der Waals surface area contributed by atoms with Crippen molar-refractivity contribution in [1.29, 1.82) is 0 Å². The first kappa shape index (κ1) is 30.8. The summed E-state index contributed by atoms with van der Waals surface area (Å²) in [6.45, 7) is 8.02. The van der Waals surface area contributed by atoms with Gasteiger partial charge in [0, 0.05) is 19.4 Å². The number of carbonyl (C=O) groups excluding carboxylic acids is 3. The highest BCUT2D eigenvalue weighted by Gasteiger charge is 2.32. The summed E-state index contributed by atoms with van der Waals surface area (Å²) in [6.07, 6.45) is 4.78. The molecule has 1 heterocycles. The van der Waals surface area contributed by atoms with Crippen LogP contribution in [0, 0.1) is 5.92 Å². The molecule has 2 aromatic carbocycles. The Balaban J connectivity index is 1.64. The number of benzene rings is 2. The molecule has 2 N–H and O–H groups in total. The van der Waals surface area contributed by atoms with Gasteiger partial charge in [-0.1, -0.05) is 66.7 Å². The molecule has 3 atom stereocenters. The summed E-state index contributed by atoms with van der Waals surface area (Å²) >= 11 is 0. The number of nitrogens with zero attached hydrogens (tertiary/aromatic N) is 1. The number of aliphatic hydroxyl groups is 1. The normalized spacial score (nSPS) is 15.8. The molecule has 0 fully saturated rings. The zero-order valence-electron chi connectivity index (χ0n) is 23.0. The molecule has 0 saturated carbocycles. The van der Waals surface area contributed by atoms with E-state index in [1.807, 2.05) is 54.6 Å². The van der Waals surface area contributed by atoms with E-state index in [1.165, 1.54) is 0 Å². The molecule has 214 valence electrons. The van der Waals surface area contributed by atoms with E-state index < -0.39 is 12.0 Å². The lowest BCUT2D eigenvalue weighted by atomic mass is 9.92. The fraction of sp³-hybridized carbons (Fsp3) is 0.406. The van der Waals surface area contributed by atoms with Crippen molar-refractivity contribution in [3.8, 4) is 0 Å². The molecule has 1 aliphatic heterocycles. The maximum absolute atomic E-state index is 13.4. The Bertz CT molecular complexity index is 1140. The number of aliphatic hydroxyl groups excluding tert-OH is 1. The average molecular weight is 549 g/mol. The number of rotatable bonds is 16. The molecule has 0 aliphatic carbocycles. The van der Waals surface area contributed by atoms with Crippen LogP contribution < -0.4 is 5.32 Å². The lowest BCUT2D eigenvalue weighted by molar-refractivity contribution is -0.146. The fourth-order valence-electron chi connectivity index (χ4n) is 4.68. The van der Waals surface area contributed by atoms with Crippen LogP contribution in [-0.4, -0.2) is 59.7 Å². The summed E-state index contributed by atoms with van der Waals surface area (Å²) in [6, 6.07) is 16.6. The maximum atomic E-state index is 13.4. The molecule has 1 aliphatic rings. The van der Waals surface area contributed by atoms with Crippen LogP contribution in [0.5, 0.6) is 0 Å². The van der Waals surface area contributed by atoms with Crippen molar-refractivity contribution in [3.63, 3.8) is 0 Å². The first-order valence-corrected chi connectivity index (χ1v) is 13.7. The molecule has 3 rings (SSSR count). The van der Waals surface area contributed by atoms with Gasteiger partial charge in [0.05, 0.1) is 37.8 Å². The van der Waals surface area contributed by atoms with E-state index in [0.29, 0.717) is 32.4 Å². The summed E-state index contributed by atoms with van der Waals surface area (Å²) in [5, 5.41) is 12.9. The van der Waals surface area contributed by atoms with Gasteiger partial charge in [0.25, 0.3) is 0 Å². The first-order chi connectivity index (χ1) is 19.4. The van der Waals surface area contributed by atoms with Crippen LogP contribution in [0.3, 0.4) is 0 Å². The zero-order valence-corrected chi connectivity index (χ0v) is 23.0. The molecule has 0 aromatic heterocycles. The third kappa shape index (κ3) is 9.47. The van der Waals surface area contributed by atoms with Gasteiger partial charge in [-0.05, 0) is 36.0 Å². The SMILES string of the molecule is C=CCCC(=O)OCC(COCc1ccccc1)NC(=O)C(CC=C)CC(=O)N1Cc2ccccc2CC1CO. The molecule has 0 saturated heterocycles. The minimum Gasteiger partial charge on any atom is -0.463 e. The van der Waals surface area contributed by atoms with Gasteiger partial charge in [-0.15, -0.1) is 13.2 Å². The van der Waals surface area contributed by atoms with Gasteiger partial charge in [-0.25, -0.2) is 0 Å². The van der Waals surface area contributed by atoms with Crippen LogP contribution >= 0.6 is 0 Å². The van der Waals surface area contributed by atoms with Crippen molar-refractivity contribution in [2.75, 3.05) is 19.8 Å². The standard InChI is InChI=1S/C32H40N2O6/c1-3-5-16-31(37)40-23-28(22-39-21-24-12-7-6-8-13-24)33-32(38)26(11-4-2)18-30(36)34-19-27-15-10-9-14-25(27)17-29(34)20-35/h3-4,6-10,12-15,26,28-29,35H,1-2,5,11,16-23H2,(H,33,38). The Hall–Kier alpha value is -3.75. The molecule has 2 amide bonds. The van der Waals surface area contributed by atoms with Crippen LogP contribution in [0.2, 0.25) is 0 Å². The predicted molar refractivity (Wildman–Crippen MR) is 153 cm³/mol. The Morgan fingerprint density at radius 3 is 2.45 bits per heavy atom. The molecule has 8 heteroatoms. The van der Waals surface area contributed by atoms with Crippen molar-refractivity contribution in [2.24, 2.45) is 5.92 Å². The van der Waals surface area contributed by atoms with Crippen LogP contribution in [0.1, 0.15) is 42.4 Å². The van der Waals surface area contributed by atoms with E-state index in [4.69, 9.17) is 9.47 Å². The third-order valence-corrected chi connectivity index (χ3v) is 6.90. The number of carbonyl (C=O) groups is 3. The third-order valence-electron chi connectivity index (χ3n) is 6.90. The molecule has 3 unspecified atom stereocenters. The highest BCUT2D eigenvalue weighted by Crippen LogP contribution is 2.25. The second kappa shape index (κ2) is 16.4. The van der Waals surface area contributed by atoms with Crippen molar-refractivity contribution in [1.82, 2.24) is 10.2 Å². The Morgan fingerprint density at radius 1 is 1.02 bits per heavy atom. The van der Waals surface area contributed by atoms with E-state index >= 15 is 0 Å². The van der Waals surface area contributed by atoms with E-state index in [0.717, 1.165) is 16.7 Å². The number of esters is 1. The van der Waals surface area contributed by atoms with Gasteiger partial charge in [0.2, 0.25) is 11.8 Å². The number of amides is 2. The van der Waals surface area contributed by atoms with Crippen LogP contribution in [0.15, 0.2) is 79.9 Å². The van der Waals surface area contributed by atoms with Crippen LogP contribution in [0.4, 0.5) is 0 Å². The summed E-state index contributed by atoms with van der Waals surface area (Å²) in [5.74, 6) is -1.61. The van der Waals surface area contributed by atoms with Gasteiger partial charge >= 0.3 is 5.97 Å². The quantitative estimate of drug-likeness (QED) is 0.245. The summed E-state index contributed by atoms with van der Waals surface area (Å²) in [4.78, 5) is 40.5. The number of ether oxygens (including phenoxy) is 2. The van der Waals surface area contributed by atoms with Crippen molar-refractivity contribution >= 4 is 17.8 Å². The molecule has 0 bridgehead atoms. The maximum Gasteiger partial charge on any atom is 0.306 e. The van der Waals surface area contributed by atoms with Gasteiger partial charge in [0.1, 0.15) is 6.61 Å². The lowest BCUT2D eigenvalue weighted by Gasteiger charge is -2.36. The molecular weight excluding hydrogens is 508 g/mol. The average Bonchev–Trinajstić information content (AvgIpc) is 2.98. The highest BCUT2D eigenvalue weighted by atomic mass is 16.5. The summed E-state index contributed by atoms with van der Waals surface area (Å²) in [5.41, 5.74) is 3.14. The molecule has 0 radical (unpaired) electrons. The minimum absolute atomic E-state index is 0.0345. The topological polar surface area (TPSA) is 105 Å². The predicted octanol–water partition coefficient (Wildman–Crippen LogP) is 3.73. The zero-order chi connectivity index (χ0) is 28.7. The second-order valence-electron chi connectivity index (χ2n) is 9.97. The number of nitrogens with one attached hydrogen (secondary N) is 1. The Morgan fingerprint density at radius 2 is 1.75 bits per heavy atom. The number of fused-ring (bicyclic) bond motifs is 1.